The van der Waals surface area contributed by atoms with Gasteiger partial charge in [0.05, 0.1) is 67.3 Å². The molecule has 4 rings (SSSR count). The number of hydrogen-bond donors (Lipinski definition) is 0. The van der Waals surface area contributed by atoms with Gasteiger partial charge in [0, 0.05) is 77.5 Å². The first kappa shape index (κ1) is 43.7. The lowest BCUT2D eigenvalue weighted by Crippen LogP contribution is -2.49. The average Bonchev–Trinajstić information content (AvgIpc) is 3.14. The molecule has 0 N–H and O–H groups in total. The second-order valence-corrected chi connectivity index (χ2v) is 15.9. The number of benzene rings is 2. The monoisotopic (exact) mass is 771 g/mol. The lowest BCUT2D eigenvalue weighted by Gasteiger charge is -2.37. The molecule has 14 heteroatoms. The van der Waals surface area contributed by atoms with Crippen molar-refractivity contribution in [3.05, 3.63) is 48.0 Å². The Morgan fingerprint density at radius 1 is 0.717 bits per heavy atom. The Labute approximate surface area is 318 Å². The molecule has 300 valence electrons. The van der Waals surface area contributed by atoms with Crippen LogP contribution >= 0.6 is 11.8 Å². The molecule has 0 bridgehead atoms. The van der Waals surface area contributed by atoms with E-state index in [1.54, 1.807) is 34.5 Å². The molecule has 0 saturated carbocycles. The molecule has 0 spiro atoms. The third kappa shape index (κ3) is 13.0. The lowest BCUT2D eigenvalue weighted by atomic mass is 10.0. The normalized spacial score (nSPS) is 17.8. The summed E-state index contributed by atoms with van der Waals surface area (Å²) in [6.45, 7) is 15.7. The Balaban J connectivity index is 1.16. The van der Waals surface area contributed by atoms with Gasteiger partial charge < -0.3 is 43.0 Å². The molecule has 2 aromatic rings. The van der Waals surface area contributed by atoms with Gasteiger partial charge in [0.25, 0.3) is 0 Å². The summed E-state index contributed by atoms with van der Waals surface area (Å²) >= 11 is 1.52. The van der Waals surface area contributed by atoms with Gasteiger partial charge in [-0.3, -0.25) is 4.90 Å². The summed E-state index contributed by atoms with van der Waals surface area (Å²) in [5.41, 5.74) is -0.0265. The van der Waals surface area contributed by atoms with E-state index in [4.69, 9.17) is 33.2 Å². The Morgan fingerprint density at radius 3 is 1.98 bits per heavy atom. The Morgan fingerprint density at radius 2 is 1.34 bits per heavy atom. The van der Waals surface area contributed by atoms with Gasteiger partial charge in [-0.15, -0.1) is 0 Å². The van der Waals surface area contributed by atoms with Crippen LogP contribution in [-0.4, -0.2) is 147 Å². The zero-order chi connectivity index (χ0) is 38.6. The second kappa shape index (κ2) is 20.3. The molecule has 2 aromatic carbocycles. The van der Waals surface area contributed by atoms with E-state index in [0.29, 0.717) is 45.3 Å². The van der Waals surface area contributed by atoms with Crippen molar-refractivity contribution in [3.8, 4) is 0 Å². The minimum atomic E-state index is -4.39. The smallest absolute Gasteiger partial charge is 0.378 e. The molecule has 3 atom stereocenters. The maximum atomic E-state index is 13.6. The van der Waals surface area contributed by atoms with Gasteiger partial charge in [0.2, 0.25) is 0 Å². The van der Waals surface area contributed by atoms with Crippen molar-refractivity contribution in [2.24, 2.45) is 0 Å². The fourth-order valence-corrected chi connectivity index (χ4v) is 7.34. The summed E-state index contributed by atoms with van der Waals surface area (Å²) in [5.74, 6) is 0. The predicted molar refractivity (Wildman–Crippen MR) is 202 cm³/mol. The number of anilines is 2. The highest BCUT2D eigenvalue weighted by molar-refractivity contribution is 7.99. The highest BCUT2D eigenvalue weighted by Gasteiger charge is 2.35. The number of hydrogen-bond acceptors (Lipinski definition) is 11. The van der Waals surface area contributed by atoms with Crippen LogP contribution in [0.1, 0.15) is 39.7 Å². The molecule has 1 saturated heterocycles. The topological polar surface area (TPSA) is 74.3 Å². The van der Waals surface area contributed by atoms with Gasteiger partial charge in [-0.2, -0.15) is 13.2 Å². The van der Waals surface area contributed by atoms with E-state index in [9.17, 15) is 13.2 Å². The third-order valence-corrected chi connectivity index (χ3v) is 11.1. The van der Waals surface area contributed by atoms with E-state index < -0.39 is 22.9 Å². The van der Waals surface area contributed by atoms with Crippen LogP contribution in [0, 0.1) is 0 Å². The van der Waals surface area contributed by atoms with Gasteiger partial charge in [-0.25, -0.2) is 0 Å². The number of alkyl halides is 3. The average molecular weight is 772 g/mol. The Bertz CT molecular complexity index is 1390. The number of nitrogens with zero attached hydrogens (tertiary/aromatic N) is 3. The van der Waals surface area contributed by atoms with Crippen LogP contribution in [0.15, 0.2) is 52.3 Å². The number of ether oxygens (including phenoxy) is 7. The number of methoxy groups -OCH3 is 4. The summed E-state index contributed by atoms with van der Waals surface area (Å²) in [5, 5.41) is 0. The molecule has 0 radical (unpaired) electrons. The molecule has 10 nitrogen and oxygen atoms in total. The van der Waals surface area contributed by atoms with E-state index in [1.807, 2.05) is 52.0 Å². The summed E-state index contributed by atoms with van der Waals surface area (Å²) < 4.78 is 81.5. The van der Waals surface area contributed by atoms with Gasteiger partial charge in [-0.05, 0) is 71.0 Å². The first-order valence-corrected chi connectivity index (χ1v) is 19.1. The van der Waals surface area contributed by atoms with Crippen LogP contribution in [0.4, 0.5) is 24.5 Å². The van der Waals surface area contributed by atoms with E-state index in [2.05, 4.69) is 14.7 Å². The molecular formula is C39H60F3N3O7S. The van der Waals surface area contributed by atoms with Crippen LogP contribution in [0.3, 0.4) is 0 Å². The Hall–Kier alpha value is -1.98. The number of para-hydroxylation sites is 1. The fourth-order valence-electron chi connectivity index (χ4n) is 6.26. The molecule has 0 aromatic heterocycles. The van der Waals surface area contributed by atoms with Crippen molar-refractivity contribution in [1.29, 1.82) is 0 Å². The van der Waals surface area contributed by atoms with Crippen molar-refractivity contribution >= 4 is 23.1 Å². The zero-order valence-electron chi connectivity index (χ0n) is 32.7. The summed E-state index contributed by atoms with van der Waals surface area (Å²) in [4.78, 5) is 8.77. The van der Waals surface area contributed by atoms with Gasteiger partial charge in [0.15, 0.2) is 0 Å². The first-order valence-electron chi connectivity index (χ1n) is 18.3. The van der Waals surface area contributed by atoms with Crippen LogP contribution in [0.25, 0.3) is 0 Å². The lowest BCUT2D eigenvalue weighted by molar-refractivity contribution is -0.172. The van der Waals surface area contributed by atoms with E-state index in [-0.39, 0.29) is 18.3 Å². The largest absolute Gasteiger partial charge is 0.416 e. The molecule has 2 heterocycles. The van der Waals surface area contributed by atoms with E-state index in [1.165, 1.54) is 23.9 Å². The minimum absolute atomic E-state index is 0.0918. The number of rotatable bonds is 22. The van der Waals surface area contributed by atoms with Crippen LogP contribution in [-0.2, 0) is 39.3 Å². The van der Waals surface area contributed by atoms with Crippen molar-refractivity contribution in [3.63, 3.8) is 0 Å². The minimum Gasteiger partial charge on any atom is -0.378 e. The Kier molecular flexibility index (Phi) is 16.7. The number of halogens is 3. The maximum absolute atomic E-state index is 13.6. The molecular weight excluding hydrogens is 712 g/mol. The first-order chi connectivity index (χ1) is 25.2. The van der Waals surface area contributed by atoms with Gasteiger partial charge in [-0.1, -0.05) is 23.9 Å². The molecule has 2 aliphatic heterocycles. The van der Waals surface area contributed by atoms with Crippen molar-refractivity contribution in [2.45, 2.75) is 79.6 Å². The highest BCUT2D eigenvalue weighted by atomic mass is 32.2. The molecule has 1 fully saturated rings. The highest BCUT2D eigenvalue weighted by Crippen LogP contribution is 2.49. The molecule has 0 amide bonds. The van der Waals surface area contributed by atoms with Crippen LogP contribution < -0.4 is 4.90 Å². The van der Waals surface area contributed by atoms with Gasteiger partial charge in [0.1, 0.15) is 12.2 Å². The van der Waals surface area contributed by atoms with E-state index >= 15 is 0 Å². The van der Waals surface area contributed by atoms with Crippen molar-refractivity contribution in [1.82, 2.24) is 9.80 Å². The summed E-state index contributed by atoms with van der Waals surface area (Å²) in [6, 6.07) is 12.0. The van der Waals surface area contributed by atoms with Gasteiger partial charge >= 0.3 is 6.18 Å². The standard InChI is InChI=1S/C39H60F3N3O7S/c1-37(2,49-8)28-52-38(3,4)36(48-7)27-51-26-31(47-6)25-50-24-30(46-5)23-44-20-18-43(19-21-44)16-11-17-45-32-12-9-10-13-34(32)53-35-15-14-29(22-33(35)45)39(40,41)42/h9-10,12-15,22,30-31,36H,11,16-21,23-28H2,1-8H3. The molecule has 53 heavy (non-hydrogen) atoms. The van der Waals surface area contributed by atoms with Crippen molar-refractivity contribution < 1.29 is 46.3 Å². The summed E-state index contributed by atoms with van der Waals surface area (Å²) in [6.07, 6.45) is -4.18. The molecule has 3 unspecified atom stereocenters. The van der Waals surface area contributed by atoms with E-state index in [0.717, 1.165) is 61.2 Å². The molecule has 0 aliphatic carbocycles. The van der Waals surface area contributed by atoms with Crippen LogP contribution in [0.5, 0.6) is 0 Å². The number of piperazine rings is 1. The maximum Gasteiger partial charge on any atom is 0.416 e. The fraction of sp³-hybridized carbons (Fsp3) is 0.692. The SMILES string of the molecule is COC(COCC(CN1CCN(CCCN2c3ccccc3Sc3ccc(C(F)(F)F)cc32)CC1)OC)COCC(OC)C(C)(C)OCC(C)(C)OC. The number of fused-ring (bicyclic) bond motifs is 2. The molecule has 2 aliphatic rings. The van der Waals surface area contributed by atoms with Crippen LogP contribution in [0.2, 0.25) is 0 Å². The van der Waals surface area contributed by atoms with Crippen molar-refractivity contribution in [2.75, 3.05) is 112 Å². The third-order valence-electron chi connectivity index (χ3n) is 9.99. The second-order valence-electron chi connectivity index (χ2n) is 14.8. The summed E-state index contributed by atoms with van der Waals surface area (Å²) in [7, 11) is 6.67. The zero-order valence-corrected chi connectivity index (χ0v) is 33.5. The predicted octanol–water partition coefficient (Wildman–Crippen LogP) is 6.61. The quantitative estimate of drug-likeness (QED) is 0.130.